The summed E-state index contributed by atoms with van der Waals surface area (Å²) in [7, 11) is 0.819. The zero-order valence-corrected chi connectivity index (χ0v) is 40.8. The number of anilines is 2. The van der Waals surface area contributed by atoms with Crippen LogP contribution < -0.4 is 16.2 Å². The molecule has 67 heavy (non-hydrogen) atoms. The van der Waals surface area contributed by atoms with E-state index in [1.165, 1.54) is 111 Å². The fraction of sp³-hybridized carbons (Fsp3) is 0.238. The lowest BCUT2D eigenvalue weighted by Crippen LogP contribution is -2.38. The molecule has 328 valence electrons. The predicted octanol–water partition coefficient (Wildman–Crippen LogP) is 15.3. The standard InChI is InChI=1S/C63H57BN2O/c1-34-26-45(43-28-41-40-27-36(61(5,6)7)22-25-48(40)63(10,11)49(41)32-52(43)65-37-23-20-35(21-24-37)60(2,3)4)58-59-57(34)46-31-56-44(39-17-13-15-19-55(39)67-56)30-53(46)66(59)54-33-50-42(29-51(54)64-58)38-16-12-14-18-47(38)62(50,8)9/h12-33,64-65H,1-11H3. The van der Waals surface area contributed by atoms with Crippen molar-refractivity contribution < 1.29 is 4.42 Å². The first-order valence-electron chi connectivity index (χ1n) is 24.3. The number of benzene rings is 8. The van der Waals surface area contributed by atoms with E-state index in [2.05, 4.69) is 220 Å². The van der Waals surface area contributed by atoms with E-state index < -0.39 is 0 Å². The average Bonchev–Trinajstić information content (AvgIpc) is 3.96. The zero-order chi connectivity index (χ0) is 46.3. The van der Waals surface area contributed by atoms with Crippen molar-refractivity contribution in [1.82, 2.24) is 4.57 Å². The summed E-state index contributed by atoms with van der Waals surface area (Å²) in [6.45, 7) is 25.8. The molecule has 0 atom stereocenters. The van der Waals surface area contributed by atoms with E-state index in [1.54, 1.807) is 0 Å². The molecule has 0 radical (unpaired) electrons. The second kappa shape index (κ2) is 13.2. The van der Waals surface area contributed by atoms with Gasteiger partial charge >= 0.3 is 0 Å². The lowest BCUT2D eigenvalue weighted by Gasteiger charge is -2.28. The van der Waals surface area contributed by atoms with E-state index in [9.17, 15) is 0 Å². The summed E-state index contributed by atoms with van der Waals surface area (Å²) < 4.78 is 9.26. The van der Waals surface area contributed by atoms with Crippen molar-refractivity contribution in [2.75, 3.05) is 5.32 Å². The molecule has 8 aromatic carbocycles. The minimum atomic E-state index is -0.169. The molecule has 0 bridgehead atoms. The average molecular weight is 869 g/mol. The van der Waals surface area contributed by atoms with Crippen LogP contribution >= 0.6 is 0 Å². The van der Waals surface area contributed by atoms with Crippen molar-refractivity contribution in [1.29, 1.82) is 0 Å². The molecule has 2 aliphatic carbocycles. The van der Waals surface area contributed by atoms with Crippen LogP contribution in [0, 0.1) is 6.92 Å². The normalized spacial score (nSPS) is 15.1. The quantitative estimate of drug-likeness (QED) is 0.179. The Balaban J connectivity index is 1.13. The molecular weight excluding hydrogens is 812 g/mol. The van der Waals surface area contributed by atoms with E-state index >= 15 is 0 Å². The van der Waals surface area contributed by atoms with Gasteiger partial charge in [-0.25, -0.2) is 0 Å². The van der Waals surface area contributed by atoms with Gasteiger partial charge in [0.1, 0.15) is 11.2 Å². The highest BCUT2D eigenvalue weighted by molar-refractivity contribution is 6.73. The number of furan rings is 1. The van der Waals surface area contributed by atoms with Crippen LogP contribution in [0.15, 0.2) is 138 Å². The lowest BCUT2D eigenvalue weighted by molar-refractivity contribution is 0.589. The largest absolute Gasteiger partial charge is 0.456 e. The Morgan fingerprint density at radius 1 is 0.522 bits per heavy atom. The van der Waals surface area contributed by atoms with Gasteiger partial charge in [0.05, 0.1) is 5.52 Å². The smallest absolute Gasteiger partial charge is 0.198 e. The first kappa shape index (κ1) is 40.5. The van der Waals surface area contributed by atoms with Crippen LogP contribution in [-0.2, 0) is 21.7 Å². The summed E-state index contributed by atoms with van der Waals surface area (Å²) in [5.74, 6) is 0. The molecule has 0 spiro atoms. The van der Waals surface area contributed by atoms with Gasteiger partial charge in [-0.1, -0.05) is 160 Å². The molecule has 10 aromatic rings. The van der Waals surface area contributed by atoms with Gasteiger partial charge < -0.3 is 14.3 Å². The Kier molecular flexibility index (Phi) is 7.99. The summed E-state index contributed by atoms with van der Waals surface area (Å²) >= 11 is 0. The number of rotatable bonds is 3. The Bertz CT molecular complexity index is 3820. The van der Waals surface area contributed by atoms with Gasteiger partial charge in [0, 0.05) is 60.5 Å². The van der Waals surface area contributed by atoms with Gasteiger partial charge in [0.2, 0.25) is 0 Å². The Labute approximate surface area is 395 Å². The first-order valence-corrected chi connectivity index (χ1v) is 24.3. The molecule has 3 heterocycles. The number of nitrogens with one attached hydrogen (secondary N) is 1. The van der Waals surface area contributed by atoms with Crippen LogP contribution in [0.5, 0.6) is 0 Å². The molecule has 0 amide bonds. The molecule has 0 unspecified atom stereocenters. The van der Waals surface area contributed by atoms with Gasteiger partial charge in [0.15, 0.2) is 7.28 Å². The topological polar surface area (TPSA) is 30.1 Å². The summed E-state index contributed by atoms with van der Waals surface area (Å²) in [6.07, 6.45) is 0. The van der Waals surface area contributed by atoms with E-state index in [0.29, 0.717) is 0 Å². The van der Waals surface area contributed by atoms with Crippen molar-refractivity contribution in [2.24, 2.45) is 0 Å². The lowest BCUT2D eigenvalue weighted by atomic mass is 9.58. The van der Waals surface area contributed by atoms with Gasteiger partial charge in [-0.2, -0.15) is 0 Å². The van der Waals surface area contributed by atoms with Gasteiger partial charge in [-0.05, 0) is 139 Å². The van der Waals surface area contributed by atoms with Crippen LogP contribution in [0.1, 0.15) is 108 Å². The van der Waals surface area contributed by atoms with Crippen LogP contribution in [0.25, 0.3) is 82.8 Å². The van der Waals surface area contributed by atoms with Gasteiger partial charge in [-0.3, -0.25) is 0 Å². The summed E-state index contributed by atoms with van der Waals surface area (Å²) in [4.78, 5) is 0. The maximum absolute atomic E-state index is 6.62. The Hall–Kier alpha value is -6.78. The van der Waals surface area contributed by atoms with Crippen molar-refractivity contribution in [3.63, 3.8) is 0 Å². The molecule has 4 heteroatoms. The summed E-state index contributed by atoms with van der Waals surface area (Å²) in [5.41, 5.74) is 27.8. The Morgan fingerprint density at radius 3 is 1.94 bits per heavy atom. The van der Waals surface area contributed by atoms with Crippen molar-refractivity contribution >= 4 is 73.3 Å². The number of aryl methyl sites for hydroxylation is 1. The second-order valence-electron chi connectivity index (χ2n) is 23.1. The number of hydrogen-bond donors (Lipinski definition) is 1. The van der Waals surface area contributed by atoms with E-state index in [1.807, 2.05) is 0 Å². The van der Waals surface area contributed by atoms with Crippen molar-refractivity contribution in [2.45, 2.75) is 97.8 Å². The number of nitrogens with zero attached hydrogens (tertiary/aromatic N) is 1. The Morgan fingerprint density at radius 2 is 1.18 bits per heavy atom. The van der Waals surface area contributed by atoms with Crippen molar-refractivity contribution in [3.8, 4) is 39.1 Å². The maximum Gasteiger partial charge on any atom is 0.198 e. The van der Waals surface area contributed by atoms with Crippen LogP contribution in [-0.4, -0.2) is 11.8 Å². The molecule has 3 aliphatic rings. The fourth-order valence-corrected chi connectivity index (χ4v) is 12.5. The molecule has 0 saturated heterocycles. The van der Waals surface area contributed by atoms with Crippen LogP contribution in [0.2, 0.25) is 0 Å². The molecule has 2 aromatic heterocycles. The molecule has 1 aliphatic heterocycles. The number of fused-ring (bicyclic) bond motifs is 14. The van der Waals surface area contributed by atoms with Crippen LogP contribution in [0.4, 0.5) is 11.4 Å². The highest BCUT2D eigenvalue weighted by atomic mass is 16.3. The molecular formula is C63H57BN2O. The number of para-hydroxylation sites is 1. The fourth-order valence-electron chi connectivity index (χ4n) is 12.5. The van der Waals surface area contributed by atoms with Crippen LogP contribution in [0.3, 0.4) is 0 Å². The highest BCUT2D eigenvalue weighted by Gasteiger charge is 2.40. The molecule has 0 saturated carbocycles. The SMILES string of the molecule is Cc1cc(-c2cc3c(cc2Nc2ccc(C(C)(C)C)cc2)C(C)(C)c2ccc(C(C)(C)C)cc2-3)c2c3c1c1cc4oc5ccccc5c4cc1n3-c1cc3c(cc1B2)-c1ccccc1C3(C)C. The monoisotopic (exact) mass is 868 g/mol. The minimum Gasteiger partial charge on any atom is -0.456 e. The second-order valence-corrected chi connectivity index (χ2v) is 23.1. The maximum atomic E-state index is 6.62. The third-order valence-corrected chi connectivity index (χ3v) is 16.2. The first-order chi connectivity index (χ1) is 31.9. The molecule has 1 N–H and O–H groups in total. The molecule has 3 nitrogen and oxygen atoms in total. The summed E-state index contributed by atoms with van der Waals surface area (Å²) in [5, 5.41) is 8.89. The van der Waals surface area contributed by atoms with E-state index in [0.717, 1.165) is 40.6 Å². The third-order valence-electron chi connectivity index (χ3n) is 16.2. The van der Waals surface area contributed by atoms with Crippen molar-refractivity contribution in [3.05, 3.63) is 172 Å². The molecule has 0 fully saturated rings. The third kappa shape index (κ3) is 5.59. The summed E-state index contributed by atoms with van der Waals surface area (Å²) in [6, 6.07) is 51.2. The number of aromatic nitrogens is 1. The van der Waals surface area contributed by atoms with E-state index in [-0.39, 0.29) is 21.7 Å². The molecule has 13 rings (SSSR count). The van der Waals surface area contributed by atoms with Gasteiger partial charge in [0.25, 0.3) is 0 Å². The number of hydrogen-bond acceptors (Lipinski definition) is 2. The zero-order valence-electron chi connectivity index (χ0n) is 40.8. The highest BCUT2D eigenvalue weighted by Crippen LogP contribution is 2.54. The predicted molar refractivity (Wildman–Crippen MR) is 287 cm³/mol. The minimum absolute atomic E-state index is 0.0296. The van der Waals surface area contributed by atoms with Gasteiger partial charge in [-0.15, -0.1) is 0 Å². The van der Waals surface area contributed by atoms with E-state index in [4.69, 9.17) is 4.42 Å².